The minimum Gasteiger partial charge on any atom is -0.384 e. The molecule has 1 aromatic rings. The first-order chi connectivity index (χ1) is 10.2. The monoisotopic (exact) mass is 287 g/mol. The van der Waals surface area contributed by atoms with Gasteiger partial charge in [0.1, 0.15) is 6.61 Å². The molecule has 1 heterocycles. The molecule has 0 bridgehead atoms. The maximum atomic E-state index is 12.6. The standard InChI is InChI=1S/C17H21NO3/c1-13-7-8-15(11-14(13)5-4-10-19)17(20)18-9-3-6-16(12-18)21-2/h7-8,11,16,19H,3,6,9-10,12H2,1-2H3. The lowest BCUT2D eigenvalue weighted by molar-refractivity contribution is 0.0269. The van der Waals surface area contributed by atoms with Crippen molar-refractivity contribution in [3.63, 3.8) is 0 Å². The maximum Gasteiger partial charge on any atom is 0.253 e. The van der Waals surface area contributed by atoms with Crippen molar-refractivity contribution >= 4 is 5.91 Å². The van der Waals surface area contributed by atoms with E-state index in [0.29, 0.717) is 12.1 Å². The van der Waals surface area contributed by atoms with Gasteiger partial charge in [-0.25, -0.2) is 0 Å². The van der Waals surface area contributed by atoms with Gasteiger partial charge in [0.15, 0.2) is 0 Å². The third-order valence-electron chi connectivity index (χ3n) is 3.79. The Kier molecular flexibility index (Phi) is 5.38. The van der Waals surface area contributed by atoms with Crippen LogP contribution in [0.2, 0.25) is 0 Å². The van der Waals surface area contributed by atoms with Crippen LogP contribution in [0.5, 0.6) is 0 Å². The fraction of sp³-hybridized carbons (Fsp3) is 0.471. The summed E-state index contributed by atoms with van der Waals surface area (Å²) in [7, 11) is 1.69. The molecule has 0 aromatic heterocycles. The summed E-state index contributed by atoms with van der Waals surface area (Å²) in [6.45, 7) is 3.17. The minimum absolute atomic E-state index is 0.0174. The van der Waals surface area contributed by atoms with Crippen molar-refractivity contribution in [2.75, 3.05) is 26.8 Å². The third kappa shape index (κ3) is 3.84. The molecule has 1 aliphatic heterocycles. The van der Waals surface area contributed by atoms with Gasteiger partial charge in [-0.3, -0.25) is 4.79 Å². The van der Waals surface area contributed by atoms with E-state index in [2.05, 4.69) is 11.8 Å². The van der Waals surface area contributed by atoms with Crippen LogP contribution in [-0.4, -0.2) is 48.8 Å². The second-order valence-corrected chi connectivity index (χ2v) is 5.24. The molecule has 1 amide bonds. The topological polar surface area (TPSA) is 49.8 Å². The van der Waals surface area contributed by atoms with Crippen molar-refractivity contribution < 1.29 is 14.6 Å². The molecule has 2 rings (SSSR count). The number of aryl methyl sites for hydroxylation is 1. The highest BCUT2D eigenvalue weighted by Crippen LogP contribution is 2.17. The van der Waals surface area contributed by atoms with E-state index in [-0.39, 0.29) is 18.6 Å². The van der Waals surface area contributed by atoms with Gasteiger partial charge >= 0.3 is 0 Å². The van der Waals surface area contributed by atoms with Crippen molar-refractivity contribution in [1.29, 1.82) is 0 Å². The largest absolute Gasteiger partial charge is 0.384 e. The summed E-state index contributed by atoms with van der Waals surface area (Å²) in [6.07, 6.45) is 2.09. The van der Waals surface area contributed by atoms with Crippen molar-refractivity contribution in [2.24, 2.45) is 0 Å². The molecule has 21 heavy (non-hydrogen) atoms. The normalized spacial score (nSPS) is 18.0. The molecule has 1 fully saturated rings. The molecule has 0 saturated carbocycles. The van der Waals surface area contributed by atoms with E-state index in [1.54, 1.807) is 13.2 Å². The molecule has 1 N–H and O–H groups in total. The van der Waals surface area contributed by atoms with Crippen LogP contribution in [0, 0.1) is 18.8 Å². The molecule has 4 nitrogen and oxygen atoms in total. The van der Waals surface area contributed by atoms with E-state index >= 15 is 0 Å². The van der Waals surface area contributed by atoms with Gasteiger partial charge in [-0.1, -0.05) is 17.9 Å². The molecule has 0 aliphatic carbocycles. The first kappa shape index (κ1) is 15.6. The van der Waals surface area contributed by atoms with Crippen molar-refractivity contribution in [3.8, 4) is 11.8 Å². The second kappa shape index (κ2) is 7.26. The SMILES string of the molecule is COC1CCCN(C(=O)c2ccc(C)c(C#CCO)c2)C1. The molecule has 4 heteroatoms. The summed E-state index contributed by atoms with van der Waals surface area (Å²) in [6, 6.07) is 5.53. The van der Waals surface area contributed by atoms with Gasteiger partial charge in [0.05, 0.1) is 6.10 Å². The van der Waals surface area contributed by atoms with E-state index in [4.69, 9.17) is 9.84 Å². The van der Waals surface area contributed by atoms with Crippen LogP contribution in [0.25, 0.3) is 0 Å². The van der Waals surface area contributed by atoms with E-state index in [0.717, 1.165) is 30.5 Å². The lowest BCUT2D eigenvalue weighted by atomic mass is 10.0. The number of amides is 1. The summed E-state index contributed by atoms with van der Waals surface area (Å²) in [5, 5.41) is 8.79. The van der Waals surface area contributed by atoms with Gasteiger partial charge in [-0.2, -0.15) is 0 Å². The molecule has 1 aliphatic rings. The van der Waals surface area contributed by atoms with E-state index in [9.17, 15) is 4.79 Å². The lowest BCUT2D eigenvalue weighted by Gasteiger charge is -2.32. The fourth-order valence-electron chi connectivity index (χ4n) is 2.52. The van der Waals surface area contributed by atoms with Crippen LogP contribution in [-0.2, 0) is 4.74 Å². The van der Waals surface area contributed by atoms with Gasteiger partial charge < -0.3 is 14.7 Å². The number of nitrogens with zero attached hydrogens (tertiary/aromatic N) is 1. The van der Waals surface area contributed by atoms with Crippen molar-refractivity contribution in [2.45, 2.75) is 25.9 Å². The average Bonchev–Trinajstić information content (AvgIpc) is 2.53. The Balaban J connectivity index is 2.19. The molecule has 1 atom stereocenters. The Bertz CT molecular complexity index is 571. The zero-order valence-corrected chi connectivity index (χ0v) is 12.6. The number of methoxy groups -OCH3 is 1. The van der Waals surface area contributed by atoms with Gasteiger partial charge in [0.25, 0.3) is 5.91 Å². The molecular formula is C17H21NO3. The predicted octanol–water partition coefficient (Wildman–Crippen LogP) is 1.59. The predicted molar refractivity (Wildman–Crippen MR) is 81.1 cm³/mol. The number of hydrogen-bond acceptors (Lipinski definition) is 3. The highest BCUT2D eigenvalue weighted by Gasteiger charge is 2.24. The van der Waals surface area contributed by atoms with Crippen LogP contribution in [0.3, 0.4) is 0 Å². The van der Waals surface area contributed by atoms with Crippen molar-refractivity contribution in [3.05, 3.63) is 34.9 Å². The Morgan fingerprint density at radius 3 is 3.05 bits per heavy atom. The number of likely N-dealkylation sites (tertiary alicyclic amines) is 1. The molecule has 1 saturated heterocycles. The van der Waals surface area contributed by atoms with Crippen LogP contribution < -0.4 is 0 Å². The molecule has 112 valence electrons. The zero-order valence-electron chi connectivity index (χ0n) is 12.6. The Hall–Kier alpha value is -1.83. The number of benzene rings is 1. The van der Waals surface area contributed by atoms with E-state index < -0.39 is 0 Å². The summed E-state index contributed by atoms with van der Waals surface area (Å²) in [4.78, 5) is 14.4. The van der Waals surface area contributed by atoms with Gasteiger partial charge in [-0.05, 0) is 37.5 Å². The first-order valence-electron chi connectivity index (χ1n) is 7.18. The Morgan fingerprint density at radius 2 is 2.33 bits per heavy atom. The molecule has 0 spiro atoms. The highest BCUT2D eigenvalue weighted by molar-refractivity contribution is 5.94. The summed E-state index contributed by atoms with van der Waals surface area (Å²) in [5.74, 6) is 5.53. The van der Waals surface area contributed by atoms with Gasteiger partial charge in [0.2, 0.25) is 0 Å². The maximum absolute atomic E-state index is 12.6. The van der Waals surface area contributed by atoms with Crippen LogP contribution in [0.15, 0.2) is 18.2 Å². The molecule has 1 aromatic carbocycles. The average molecular weight is 287 g/mol. The van der Waals surface area contributed by atoms with Gasteiger partial charge in [-0.15, -0.1) is 0 Å². The zero-order chi connectivity index (χ0) is 15.2. The number of piperidine rings is 1. The fourth-order valence-corrected chi connectivity index (χ4v) is 2.52. The number of carbonyl (C=O) groups is 1. The molecule has 0 radical (unpaired) electrons. The quantitative estimate of drug-likeness (QED) is 0.840. The summed E-state index contributed by atoms with van der Waals surface area (Å²) in [5.41, 5.74) is 2.43. The number of carbonyl (C=O) groups excluding carboxylic acids is 1. The third-order valence-corrected chi connectivity index (χ3v) is 3.79. The first-order valence-corrected chi connectivity index (χ1v) is 7.18. The Labute approximate surface area is 125 Å². The number of aliphatic hydroxyl groups excluding tert-OH is 1. The Morgan fingerprint density at radius 1 is 1.52 bits per heavy atom. The smallest absolute Gasteiger partial charge is 0.253 e. The molecular weight excluding hydrogens is 266 g/mol. The second-order valence-electron chi connectivity index (χ2n) is 5.24. The van der Waals surface area contributed by atoms with Crippen LogP contribution in [0.4, 0.5) is 0 Å². The number of ether oxygens (including phenoxy) is 1. The highest BCUT2D eigenvalue weighted by atomic mass is 16.5. The summed E-state index contributed by atoms with van der Waals surface area (Å²) >= 11 is 0. The number of aliphatic hydroxyl groups is 1. The molecule has 1 unspecified atom stereocenters. The van der Waals surface area contributed by atoms with Gasteiger partial charge in [0, 0.05) is 31.3 Å². The minimum atomic E-state index is -0.181. The number of rotatable bonds is 2. The van der Waals surface area contributed by atoms with Crippen LogP contribution >= 0.6 is 0 Å². The van der Waals surface area contributed by atoms with Crippen LogP contribution in [0.1, 0.15) is 34.3 Å². The van der Waals surface area contributed by atoms with E-state index in [1.165, 1.54) is 0 Å². The lowest BCUT2D eigenvalue weighted by Crippen LogP contribution is -2.42. The summed E-state index contributed by atoms with van der Waals surface area (Å²) < 4.78 is 5.36. The van der Waals surface area contributed by atoms with Crippen molar-refractivity contribution in [1.82, 2.24) is 4.90 Å². The van der Waals surface area contributed by atoms with E-state index in [1.807, 2.05) is 24.0 Å². The number of hydrogen-bond donors (Lipinski definition) is 1.